The van der Waals surface area contributed by atoms with Crippen LogP contribution < -0.4 is 15.0 Å². The molecule has 156 valence electrons. The number of amides is 1. The second-order valence-corrected chi connectivity index (χ2v) is 6.38. The van der Waals surface area contributed by atoms with Crippen LogP contribution in [0.4, 0.5) is 30.2 Å². The topological polar surface area (TPSA) is 53.9 Å². The van der Waals surface area contributed by atoms with E-state index in [0.717, 1.165) is 11.9 Å². The Bertz CT molecular complexity index is 878. The first-order valence-electron chi connectivity index (χ1n) is 9.10. The van der Waals surface area contributed by atoms with Gasteiger partial charge in [0.1, 0.15) is 5.75 Å². The van der Waals surface area contributed by atoms with Crippen LogP contribution in [0.15, 0.2) is 47.5 Å². The number of halogens is 3. The second-order valence-electron chi connectivity index (χ2n) is 6.38. The first-order valence-corrected chi connectivity index (χ1v) is 9.10. The number of alkyl halides is 3. The Morgan fingerprint density at radius 1 is 1.17 bits per heavy atom. The predicted octanol–water partition coefficient (Wildman–Crippen LogP) is 5.47. The van der Waals surface area contributed by atoms with Crippen LogP contribution in [-0.4, -0.2) is 32.1 Å². The molecule has 29 heavy (non-hydrogen) atoms. The van der Waals surface area contributed by atoms with Gasteiger partial charge in [0.2, 0.25) is 11.7 Å². The number of rotatable bonds is 6. The number of hydrogen-bond donors (Lipinski definition) is 1. The molecule has 0 fully saturated rings. The first-order chi connectivity index (χ1) is 13.7. The maximum atomic E-state index is 13.7. The number of aliphatic imine (C=N–C) groups is 1. The van der Waals surface area contributed by atoms with Crippen molar-refractivity contribution in [3.8, 4) is 5.75 Å². The summed E-state index contributed by atoms with van der Waals surface area (Å²) >= 11 is 0. The lowest BCUT2D eigenvalue weighted by Crippen LogP contribution is -2.38. The van der Waals surface area contributed by atoms with Crippen LogP contribution in [0.25, 0.3) is 0 Å². The molecule has 0 aliphatic heterocycles. The number of nitrogens with one attached hydrogen (secondary N) is 1. The fraction of sp³-hybridized carbons (Fsp3) is 0.333. The van der Waals surface area contributed by atoms with Crippen molar-refractivity contribution in [2.45, 2.75) is 32.9 Å². The number of hydrogen-bond acceptors (Lipinski definition) is 3. The van der Waals surface area contributed by atoms with E-state index in [1.165, 1.54) is 19.2 Å². The highest BCUT2D eigenvalue weighted by atomic mass is 19.4. The summed E-state index contributed by atoms with van der Waals surface area (Å²) in [6, 6.07) is 11.0. The molecule has 2 aromatic rings. The number of carbonyl (C=O) groups excluding carboxylic acids is 1. The van der Waals surface area contributed by atoms with Gasteiger partial charge in [0.05, 0.1) is 12.8 Å². The molecule has 0 spiro atoms. The maximum Gasteiger partial charge on any atom is 0.449 e. The first kappa shape index (κ1) is 22.3. The highest BCUT2D eigenvalue weighted by Gasteiger charge is 2.41. The molecule has 0 heterocycles. The van der Waals surface area contributed by atoms with Gasteiger partial charge in [-0.1, -0.05) is 6.92 Å². The highest BCUT2D eigenvalue weighted by molar-refractivity contribution is 6.08. The van der Waals surface area contributed by atoms with Gasteiger partial charge in [-0.05, 0) is 61.4 Å². The number of amidine groups is 1. The summed E-state index contributed by atoms with van der Waals surface area (Å²) < 4.78 is 46.3. The number of ether oxygens (including phenoxy) is 1. The fourth-order valence-electron chi connectivity index (χ4n) is 2.88. The van der Waals surface area contributed by atoms with E-state index >= 15 is 0 Å². The number of carbonyl (C=O) groups is 1. The van der Waals surface area contributed by atoms with E-state index in [-0.39, 0.29) is 11.6 Å². The summed E-state index contributed by atoms with van der Waals surface area (Å²) in [5, 5.41) is 2.72. The van der Waals surface area contributed by atoms with E-state index in [9.17, 15) is 18.0 Å². The Kier molecular flexibility index (Phi) is 7.25. The summed E-state index contributed by atoms with van der Waals surface area (Å²) in [6.07, 6.45) is -3.58. The van der Waals surface area contributed by atoms with Gasteiger partial charge in [-0.15, -0.1) is 0 Å². The molecule has 0 saturated carbocycles. The minimum absolute atomic E-state index is 0.144. The summed E-state index contributed by atoms with van der Waals surface area (Å²) in [5.41, 5.74) is 1.70. The second kappa shape index (κ2) is 9.45. The monoisotopic (exact) mass is 407 g/mol. The molecule has 2 rings (SSSR count). The molecular formula is C21H24F3N3O2. The average molecular weight is 407 g/mol. The number of methoxy groups -OCH3 is 1. The molecular weight excluding hydrogens is 383 g/mol. The summed E-state index contributed by atoms with van der Waals surface area (Å²) in [4.78, 5) is 16.3. The molecule has 8 heteroatoms. The van der Waals surface area contributed by atoms with Gasteiger partial charge in [-0.25, -0.2) is 0 Å². The van der Waals surface area contributed by atoms with Gasteiger partial charge in [0, 0.05) is 24.8 Å². The fourth-order valence-corrected chi connectivity index (χ4v) is 2.88. The minimum atomic E-state index is -4.66. The third-order valence-electron chi connectivity index (χ3n) is 4.21. The summed E-state index contributed by atoms with van der Waals surface area (Å²) in [6.45, 7) is 3.59. The molecule has 2 aromatic carbocycles. The summed E-state index contributed by atoms with van der Waals surface area (Å²) in [5.74, 6) is -0.648. The molecule has 0 aliphatic carbocycles. The predicted molar refractivity (Wildman–Crippen MR) is 109 cm³/mol. The highest BCUT2D eigenvalue weighted by Crippen LogP contribution is 2.35. The number of benzene rings is 2. The van der Waals surface area contributed by atoms with Crippen LogP contribution in [0.1, 0.15) is 25.3 Å². The van der Waals surface area contributed by atoms with Gasteiger partial charge in [0.25, 0.3) is 0 Å². The van der Waals surface area contributed by atoms with E-state index in [1.54, 1.807) is 37.3 Å². The van der Waals surface area contributed by atoms with Gasteiger partial charge >= 0.3 is 6.18 Å². The maximum absolute atomic E-state index is 13.7. The van der Waals surface area contributed by atoms with Crippen LogP contribution in [-0.2, 0) is 4.79 Å². The molecule has 0 bridgehead atoms. The van der Waals surface area contributed by atoms with Crippen molar-refractivity contribution >= 4 is 28.8 Å². The molecule has 0 unspecified atom stereocenters. The molecule has 0 atom stereocenters. The van der Waals surface area contributed by atoms with Crippen LogP contribution in [0.2, 0.25) is 0 Å². The quantitative estimate of drug-likeness (QED) is 0.510. The SMILES string of the molecule is CCCC(=O)Nc1ccc(N(C(=NC)C(F)(F)F)c2ccc(OC)cc2C)cc1. The van der Waals surface area contributed by atoms with E-state index < -0.39 is 12.0 Å². The lowest BCUT2D eigenvalue weighted by molar-refractivity contribution is -0.116. The zero-order valence-corrected chi connectivity index (χ0v) is 16.8. The lowest BCUT2D eigenvalue weighted by atomic mass is 10.1. The molecule has 0 saturated heterocycles. The zero-order chi connectivity index (χ0) is 21.6. The van der Waals surface area contributed by atoms with Crippen molar-refractivity contribution in [3.63, 3.8) is 0 Å². The molecule has 0 aromatic heterocycles. The number of nitrogens with zero attached hydrogens (tertiary/aromatic N) is 2. The van der Waals surface area contributed by atoms with Crippen LogP contribution in [0.3, 0.4) is 0 Å². The number of anilines is 3. The van der Waals surface area contributed by atoms with Crippen molar-refractivity contribution < 1.29 is 22.7 Å². The standard InChI is InChI=1S/C21H24F3N3O2/c1-5-6-19(28)26-15-7-9-16(10-8-15)27(20(25-3)21(22,23)24)18-12-11-17(29-4)13-14(18)2/h7-13H,5-6H2,1-4H3,(H,26,28). The third-order valence-corrected chi connectivity index (χ3v) is 4.21. The average Bonchev–Trinajstić information content (AvgIpc) is 2.66. The van der Waals surface area contributed by atoms with Crippen LogP contribution in [0.5, 0.6) is 5.75 Å². The van der Waals surface area contributed by atoms with E-state index in [0.29, 0.717) is 35.5 Å². The van der Waals surface area contributed by atoms with Gasteiger partial charge in [-0.3, -0.25) is 14.7 Å². The van der Waals surface area contributed by atoms with Crippen molar-refractivity contribution in [3.05, 3.63) is 48.0 Å². The molecule has 0 aliphatic rings. The van der Waals surface area contributed by atoms with Gasteiger partial charge in [-0.2, -0.15) is 13.2 Å². The molecule has 1 N–H and O–H groups in total. The zero-order valence-electron chi connectivity index (χ0n) is 16.8. The van der Waals surface area contributed by atoms with Crippen molar-refractivity contribution in [2.75, 3.05) is 24.4 Å². The lowest BCUT2D eigenvalue weighted by Gasteiger charge is -2.29. The van der Waals surface area contributed by atoms with Crippen molar-refractivity contribution in [1.29, 1.82) is 0 Å². The smallest absolute Gasteiger partial charge is 0.449 e. The third kappa shape index (κ3) is 5.49. The normalized spacial score (nSPS) is 11.9. The van der Waals surface area contributed by atoms with Crippen molar-refractivity contribution in [2.24, 2.45) is 4.99 Å². The van der Waals surface area contributed by atoms with E-state index in [2.05, 4.69) is 10.3 Å². The Labute approximate surface area is 168 Å². The van der Waals surface area contributed by atoms with Crippen molar-refractivity contribution in [1.82, 2.24) is 0 Å². The Morgan fingerprint density at radius 2 is 1.83 bits per heavy atom. The molecule has 1 amide bonds. The molecule has 5 nitrogen and oxygen atoms in total. The number of aryl methyl sites for hydroxylation is 1. The molecule has 0 radical (unpaired) electrons. The van der Waals surface area contributed by atoms with Gasteiger partial charge in [0.15, 0.2) is 0 Å². The summed E-state index contributed by atoms with van der Waals surface area (Å²) in [7, 11) is 2.60. The van der Waals surface area contributed by atoms with Crippen LogP contribution in [0, 0.1) is 6.92 Å². The minimum Gasteiger partial charge on any atom is -0.497 e. The van der Waals surface area contributed by atoms with E-state index in [4.69, 9.17) is 4.74 Å². The van der Waals surface area contributed by atoms with Gasteiger partial charge < -0.3 is 10.1 Å². The largest absolute Gasteiger partial charge is 0.497 e. The Morgan fingerprint density at radius 3 is 2.31 bits per heavy atom. The van der Waals surface area contributed by atoms with Crippen LogP contribution >= 0.6 is 0 Å². The van der Waals surface area contributed by atoms with E-state index in [1.807, 2.05) is 6.92 Å². The Balaban J connectivity index is 2.50. The Hall–Kier alpha value is -3.03.